The van der Waals surface area contributed by atoms with E-state index in [9.17, 15) is 19.2 Å². The van der Waals surface area contributed by atoms with Crippen LogP contribution in [0.25, 0.3) is 0 Å². The van der Waals surface area contributed by atoms with E-state index in [4.69, 9.17) is 42.1 Å². The van der Waals surface area contributed by atoms with Crippen LogP contribution in [0.5, 0.6) is 23.0 Å². The van der Waals surface area contributed by atoms with E-state index in [1.165, 1.54) is 26.0 Å². The number of nitrogens with one attached hydrogen (secondary N) is 1. The van der Waals surface area contributed by atoms with Gasteiger partial charge in [-0.15, -0.1) is 0 Å². The number of halogens is 2. The number of nitrogens with zero attached hydrogens (tertiary/aromatic N) is 1. The van der Waals surface area contributed by atoms with Gasteiger partial charge in [0.2, 0.25) is 0 Å². The molecule has 234 valence electrons. The standard InChI is InChI=1S/C33H30Cl2N2O8/c1-18(38)43-30-15-28-23(13-25(30)34)33(24-14-26(35)31(44-19(2)39)16-29(24)45-28)17-27(40)21-12-20(4-5-22(21)33)32(41)36-6-3-7-37-8-10-42-11-9-37/h4-5,12-16H,3,6-11,17H2,1-2H3,(H,36,41). The lowest BCUT2D eigenvalue weighted by Crippen LogP contribution is -2.38. The molecule has 1 aliphatic carbocycles. The van der Waals surface area contributed by atoms with E-state index in [0.29, 0.717) is 45.9 Å². The molecule has 0 bridgehead atoms. The minimum Gasteiger partial charge on any atom is -0.456 e. The quantitative estimate of drug-likeness (QED) is 0.205. The Kier molecular flexibility index (Phi) is 8.58. The Morgan fingerprint density at radius 1 is 0.889 bits per heavy atom. The molecule has 2 aliphatic heterocycles. The highest BCUT2D eigenvalue weighted by Gasteiger charge is 2.52. The molecule has 0 atom stereocenters. The second-order valence-corrected chi connectivity index (χ2v) is 12.0. The molecule has 3 aromatic carbocycles. The molecular weight excluding hydrogens is 623 g/mol. The lowest BCUT2D eigenvalue weighted by atomic mass is 9.68. The fourth-order valence-corrected chi connectivity index (χ4v) is 6.67. The molecule has 0 radical (unpaired) electrons. The van der Waals surface area contributed by atoms with Gasteiger partial charge in [0, 0.05) is 74.3 Å². The minimum atomic E-state index is -1.11. The van der Waals surface area contributed by atoms with Crippen molar-refractivity contribution in [3.8, 4) is 23.0 Å². The summed E-state index contributed by atoms with van der Waals surface area (Å²) in [5.74, 6) is -0.846. The maximum absolute atomic E-state index is 13.8. The second kappa shape index (κ2) is 12.4. The Morgan fingerprint density at radius 3 is 2.07 bits per heavy atom. The molecule has 1 amide bonds. The SMILES string of the molecule is CC(=O)Oc1cc2c(cc1Cl)C1(CC(=O)c3cc(C(=O)NCCCN4CCOCC4)ccc31)c1cc(Cl)c(OC(C)=O)cc1O2. The van der Waals surface area contributed by atoms with Crippen molar-refractivity contribution in [1.29, 1.82) is 0 Å². The summed E-state index contributed by atoms with van der Waals surface area (Å²) < 4.78 is 22.2. The first kappa shape index (κ1) is 31.0. The Hall–Kier alpha value is -3.96. The van der Waals surface area contributed by atoms with Gasteiger partial charge < -0.3 is 24.3 Å². The van der Waals surface area contributed by atoms with E-state index in [-0.39, 0.29) is 39.7 Å². The van der Waals surface area contributed by atoms with Crippen molar-refractivity contribution in [3.63, 3.8) is 0 Å². The molecule has 1 spiro atoms. The van der Waals surface area contributed by atoms with Gasteiger partial charge in [-0.05, 0) is 42.8 Å². The summed E-state index contributed by atoms with van der Waals surface area (Å²) in [4.78, 5) is 52.7. The maximum atomic E-state index is 13.8. The van der Waals surface area contributed by atoms with Crippen LogP contribution in [0, 0.1) is 0 Å². The predicted molar refractivity (Wildman–Crippen MR) is 165 cm³/mol. The Labute approximate surface area is 269 Å². The van der Waals surface area contributed by atoms with E-state index in [1.807, 2.05) is 0 Å². The monoisotopic (exact) mass is 652 g/mol. The Bertz CT molecular complexity index is 1660. The van der Waals surface area contributed by atoms with Gasteiger partial charge >= 0.3 is 11.9 Å². The number of hydrogen-bond donors (Lipinski definition) is 1. The highest BCUT2D eigenvalue weighted by Crippen LogP contribution is 2.60. The molecule has 2 heterocycles. The van der Waals surface area contributed by atoms with Gasteiger partial charge in [-0.25, -0.2) is 0 Å². The third-order valence-corrected chi connectivity index (χ3v) is 8.81. The molecule has 6 rings (SSSR count). The summed E-state index contributed by atoms with van der Waals surface area (Å²) in [6, 6.07) is 11.3. The fourth-order valence-electron chi connectivity index (χ4n) is 6.27. The lowest BCUT2D eigenvalue weighted by molar-refractivity contribution is -0.132. The van der Waals surface area contributed by atoms with Crippen LogP contribution in [0.2, 0.25) is 10.0 Å². The zero-order valence-corrected chi connectivity index (χ0v) is 26.2. The second-order valence-electron chi connectivity index (χ2n) is 11.2. The van der Waals surface area contributed by atoms with Crippen LogP contribution in [-0.2, 0) is 19.7 Å². The van der Waals surface area contributed by atoms with E-state index < -0.39 is 17.4 Å². The summed E-state index contributed by atoms with van der Waals surface area (Å²) >= 11 is 13.2. The molecule has 45 heavy (non-hydrogen) atoms. The van der Waals surface area contributed by atoms with Gasteiger partial charge in [0.15, 0.2) is 17.3 Å². The van der Waals surface area contributed by atoms with Crippen LogP contribution in [0.15, 0.2) is 42.5 Å². The van der Waals surface area contributed by atoms with Crippen molar-refractivity contribution in [2.45, 2.75) is 32.1 Å². The van der Waals surface area contributed by atoms with E-state index in [0.717, 1.165) is 39.3 Å². The summed E-state index contributed by atoms with van der Waals surface area (Å²) in [6.45, 7) is 7.07. The lowest BCUT2D eigenvalue weighted by Gasteiger charge is -2.38. The number of ether oxygens (including phenoxy) is 4. The molecule has 1 fully saturated rings. The average Bonchev–Trinajstić information content (AvgIpc) is 3.29. The maximum Gasteiger partial charge on any atom is 0.308 e. The normalized spacial score (nSPS) is 16.3. The number of Topliss-reactive ketones (excluding diaryl/α,β-unsaturated/α-hetero) is 1. The number of hydrogen-bond acceptors (Lipinski definition) is 9. The van der Waals surface area contributed by atoms with Crippen LogP contribution in [-0.4, -0.2) is 67.9 Å². The first-order chi connectivity index (χ1) is 21.6. The molecular formula is C33H30Cl2N2O8. The number of rotatable bonds is 7. The van der Waals surface area contributed by atoms with Crippen LogP contribution < -0.4 is 19.5 Å². The molecule has 1 N–H and O–H groups in total. The zero-order valence-electron chi connectivity index (χ0n) is 24.7. The van der Waals surface area contributed by atoms with Crippen molar-refractivity contribution >= 4 is 46.8 Å². The van der Waals surface area contributed by atoms with E-state index in [2.05, 4.69) is 10.2 Å². The number of carbonyl (C=O) groups excluding carboxylic acids is 4. The largest absolute Gasteiger partial charge is 0.456 e. The number of carbonyl (C=O) groups is 4. The van der Waals surface area contributed by atoms with Gasteiger partial charge in [-0.2, -0.15) is 0 Å². The number of ketones is 1. The van der Waals surface area contributed by atoms with Crippen LogP contribution in [0.1, 0.15) is 64.1 Å². The van der Waals surface area contributed by atoms with Crippen LogP contribution in [0.4, 0.5) is 0 Å². The van der Waals surface area contributed by atoms with Gasteiger partial charge in [-0.3, -0.25) is 24.1 Å². The van der Waals surface area contributed by atoms with Gasteiger partial charge in [0.05, 0.1) is 28.7 Å². The zero-order chi connectivity index (χ0) is 31.9. The van der Waals surface area contributed by atoms with E-state index >= 15 is 0 Å². The number of amides is 1. The number of esters is 2. The third kappa shape index (κ3) is 5.91. The first-order valence-corrected chi connectivity index (χ1v) is 15.3. The van der Waals surface area contributed by atoms with Crippen LogP contribution >= 0.6 is 23.2 Å². The molecule has 12 heteroatoms. The topological polar surface area (TPSA) is 120 Å². The molecule has 3 aliphatic rings. The molecule has 1 saturated heterocycles. The van der Waals surface area contributed by atoms with Crippen molar-refractivity contribution in [2.24, 2.45) is 0 Å². The van der Waals surface area contributed by atoms with Crippen molar-refractivity contribution in [2.75, 3.05) is 39.4 Å². The third-order valence-electron chi connectivity index (χ3n) is 8.22. The summed E-state index contributed by atoms with van der Waals surface area (Å²) in [6.07, 6.45) is 0.779. The highest BCUT2D eigenvalue weighted by atomic mass is 35.5. The van der Waals surface area contributed by atoms with Gasteiger partial charge in [0.25, 0.3) is 5.91 Å². The van der Waals surface area contributed by atoms with E-state index in [1.54, 1.807) is 30.3 Å². The summed E-state index contributed by atoms with van der Waals surface area (Å²) in [5.41, 5.74) is 1.38. The fraction of sp³-hybridized carbons (Fsp3) is 0.333. The molecule has 10 nitrogen and oxygen atoms in total. The number of morpholine rings is 1. The van der Waals surface area contributed by atoms with Crippen molar-refractivity contribution < 1.29 is 38.1 Å². The highest BCUT2D eigenvalue weighted by molar-refractivity contribution is 6.33. The van der Waals surface area contributed by atoms with Crippen molar-refractivity contribution in [1.82, 2.24) is 10.2 Å². The summed E-state index contributed by atoms with van der Waals surface area (Å²) in [5, 5.41) is 3.25. The minimum absolute atomic E-state index is 0.0111. The Balaban J connectivity index is 1.38. The number of benzene rings is 3. The molecule has 0 aromatic heterocycles. The van der Waals surface area contributed by atoms with Crippen molar-refractivity contribution in [3.05, 3.63) is 80.3 Å². The van der Waals surface area contributed by atoms with Crippen LogP contribution in [0.3, 0.4) is 0 Å². The molecule has 3 aromatic rings. The molecule has 0 unspecified atom stereocenters. The molecule has 0 saturated carbocycles. The number of fused-ring (bicyclic) bond motifs is 6. The average molecular weight is 654 g/mol. The first-order valence-electron chi connectivity index (χ1n) is 14.6. The summed E-state index contributed by atoms with van der Waals surface area (Å²) in [7, 11) is 0. The van der Waals surface area contributed by atoms with Gasteiger partial charge in [0.1, 0.15) is 11.5 Å². The predicted octanol–water partition coefficient (Wildman–Crippen LogP) is 5.32. The Morgan fingerprint density at radius 2 is 1.49 bits per heavy atom. The smallest absolute Gasteiger partial charge is 0.308 e. The van der Waals surface area contributed by atoms with Gasteiger partial charge in [-0.1, -0.05) is 29.3 Å².